The van der Waals surface area contributed by atoms with Gasteiger partial charge in [0.2, 0.25) is 5.91 Å². The molecule has 0 atom stereocenters. The van der Waals surface area contributed by atoms with Crippen LogP contribution in [0.1, 0.15) is 71.9 Å². The van der Waals surface area contributed by atoms with Crippen molar-refractivity contribution in [2.75, 3.05) is 5.32 Å². The first kappa shape index (κ1) is 19.6. The highest BCUT2D eigenvalue weighted by Gasteiger charge is 2.49. The Labute approximate surface area is 129 Å². The highest BCUT2D eigenvalue weighted by atomic mass is 19.1. The van der Waals surface area contributed by atoms with Gasteiger partial charge < -0.3 is 5.32 Å². The van der Waals surface area contributed by atoms with Gasteiger partial charge in [0.25, 0.3) is 0 Å². The van der Waals surface area contributed by atoms with Gasteiger partial charge in [-0.1, -0.05) is 47.6 Å². The summed E-state index contributed by atoms with van der Waals surface area (Å²) < 4.78 is 13.4. The van der Waals surface area contributed by atoms with Crippen LogP contribution in [0.3, 0.4) is 0 Å². The molecule has 120 valence electrons. The zero-order valence-electron chi connectivity index (χ0n) is 14.6. The van der Waals surface area contributed by atoms with E-state index < -0.39 is 0 Å². The van der Waals surface area contributed by atoms with Crippen LogP contribution in [0.5, 0.6) is 0 Å². The van der Waals surface area contributed by atoms with Crippen molar-refractivity contribution in [3.05, 3.63) is 29.1 Å². The number of halogens is 1. The Balaban J connectivity index is 0.000000598. The lowest BCUT2D eigenvalue weighted by Gasteiger charge is -2.25. The number of rotatable bonds is 0. The molecule has 1 saturated carbocycles. The number of benzene rings is 1. The second-order valence-corrected chi connectivity index (χ2v) is 4.65. The highest BCUT2D eigenvalue weighted by Crippen LogP contribution is 2.55. The summed E-state index contributed by atoms with van der Waals surface area (Å²) in [5.41, 5.74) is 2.50. The first-order valence-corrected chi connectivity index (χ1v) is 8.21. The van der Waals surface area contributed by atoms with E-state index in [1.54, 1.807) is 6.92 Å². The molecule has 2 nitrogen and oxygen atoms in total. The first-order chi connectivity index (χ1) is 10.1. The van der Waals surface area contributed by atoms with Gasteiger partial charge in [-0.15, -0.1) is 0 Å². The third kappa shape index (κ3) is 4.29. The van der Waals surface area contributed by atoms with Crippen molar-refractivity contribution < 1.29 is 9.18 Å². The van der Waals surface area contributed by atoms with E-state index in [4.69, 9.17) is 0 Å². The van der Waals surface area contributed by atoms with Crippen molar-refractivity contribution in [1.82, 2.24) is 0 Å². The van der Waals surface area contributed by atoms with Gasteiger partial charge in [-0.25, -0.2) is 4.39 Å². The molecule has 0 aromatic heterocycles. The normalized spacial score (nSPS) is 15.9. The van der Waals surface area contributed by atoms with E-state index in [0.29, 0.717) is 17.7 Å². The second-order valence-electron chi connectivity index (χ2n) is 4.65. The molecule has 3 rings (SSSR count). The van der Waals surface area contributed by atoms with E-state index in [1.807, 2.05) is 47.6 Å². The smallest absolute Gasteiger partial charge is 0.225 e. The van der Waals surface area contributed by atoms with Crippen LogP contribution in [-0.4, -0.2) is 5.91 Å². The summed E-state index contributed by atoms with van der Waals surface area (Å²) in [6.45, 7) is 13.8. The summed E-state index contributed by atoms with van der Waals surface area (Å²) >= 11 is 0. The number of aryl methyl sites for hydroxylation is 1. The number of anilines is 1. The van der Waals surface area contributed by atoms with Crippen molar-refractivity contribution in [2.24, 2.45) is 0 Å². The number of hydrogen-bond acceptors (Lipinski definition) is 1. The van der Waals surface area contributed by atoms with E-state index in [-0.39, 0.29) is 17.1 Å². The molecule has 0 saturated heterocycles. The zero-order chi connectivity index (χ0) is 16.6. The Morgan fingerprint density at radius 2 is 1.57 bits per heavy atom. The quantitative estimate of drug-likeness (QED) is 0.664. The first-order valence-electron chi connectivity index (χ1n) is 8.21. The van der Waals surface area contributed by atoms with E-state index >= 15 is 0 Å². The van der Waals surface area contributed by atoms with Crippen LogP contribution in [0.4, 0.5) is 10.1 Å². The maximum Gasteiger partial charge on any atom is 0.225 e. The Morgan fingerprint density at radius 1 is 1.05 bits per heavy atom. The zero-order valence-corrected chi connectivity index (χ0v) is 14.6. The van der Waals surface area contributed by atoms with Crippen LogP contribution in [0.25, 0.3) is 0 Å². The van der Waals surface area contributed by atoms with Gasteiger partial charge in [-0.2, -0.15) is 0 Å². The van der Waals surface area contributed by atoms with Gasteiger partial charge >= 0.3 is 0 Å². The molecule has 1 N–H and O–H groups in total. The van der Waals surface area contributed by atoms with Crippen LogP contribution in [0.2, 0.25) is 0 Å². The number of hydrogen-bond donors (Lipinski definition) is 1. The molecule has 2 aliphatic rings. The van der Waals surface area contributed by atoms with Crippen LogP contribution in [0.15, 0.2) is 12.1 Å². The van der Waals surface area contributed by atoms with Crippen molar-refractivity contribution in [3.8, 4) is 0 Å². The van der Waals surface area contributed by atoms with Gasteiger partial charge in [0, 0.05) is 17.5 Å². The largest absolute Gasteiger partial charge is 0.326 e. The molecule has 21 heavy (non-hydrogen) atoms. The van der Waals surface area contributed by atoms with Crippen molar-refractivity contribution in [1.29, 1.82) is 0 Å². The third-order valence-electron chi connectivity index (χ3n) is 3.50. The average molecular weight is 295 g/mol. The Kier molecular flexibility index (Phi) is 8.23. The Bertz CT molecular complexity index is 465. The van der Waals surface area contributed by atoms with Gasteiger partial charge in [0.1, 0.15) is 5.82 Å². The Hall–Kier alpha value is -1.38. The number of carbonyl (C=O) groups excluding carboxylic acids is 1. The molecule has 1 aromatic carbocycles. The van der Waals surface area contributed by atoms with Gasteiger partial charge in [-0.05, 0) is 37.0 Å². The van der Waals surface area contributed by atoms with Crippen LogP contribution >= 0.6 is 0 Å². The number of amides is 1. The number of carbonyl (C=O) groups is 1. The molecular weight excluding hydrogens is 265 g/mol. The molecule has 1 spiro atoms. The summed E-state index contributed by atoms with van der Waals surface area (Å²) in [6.07, 6.45) is 2.67. The summed E-state index contributed by atoms with van der Waals surface area (Å²) in [6, 6.07) is 3.33. The molecular formula is C18H30FNO. The van der Waals surface area contributed by atoms with Gasteiger partial charge in [0.05, 0.1) is 0 Å². The molecule has 3 heteroatoms. The van der Waals surface area contributed by atoms with E-state index in [1.165, 1.54) is 6.07 Å². The number of fused-ring (bicyclic) bond motifs is 2. The Morgan fingerprint density at radius 3 is 2.05 bits per heavy atom. The predicted octanol–water partition coefficient (Wildman–Crippen LogP) is 5.59. The summed E-state index contributed by atoms with van der Waals surface area (Å²) in [5, 5.41) is 2.74. The second kappa shape index (κ2) is 8.81. The molecule has 1 aliphatic carbocycles. The summed E-state index contributed by atoms with van der Waals surface area (Å²) in [5.74, 6) is -0.227. The lowest BCUT2D eigenvalue weighted by atomic mass is 9.86. The monoisotopic (exact) mass is 295 g/mol. The fourth-order valence-electron chi connectivity index (χ4n) is 2.42. The van der Waals surface area contributed by atoms with Gasteiger partial charge in [0.15, 0.2) is 0 Å². The molecule has 1 fully saturated rings. The highest BCUT2D eigenvalue weighted by molar-refractivity contribution is 5.96. The minimum Gasteiger partial charge on any atom is -0.326 e. The maximum absolute atomic E-state index is 13.4. The molecule has 0 unspecified atom stereocenters. The lowest BCUT2D eigenvalue weighted by molar-refractivity contribution is -0.117. The van der Waals surface area contributed by atoms with Crippen molar-refractivity contribution >= 4 is 11.6 Å². The average Bonchev–Trinajstić information content (AvgIpc) is 3.28. The SMILES string of the molecule is CC.CC.CC.Cc1cc2c(cc1F)NC(=O)CC21CC1. The minimum atomic E-state index is -0.244. The predicted molar refractivity (Wildman–Crippen MR) is 89.3 cm³/mol. The molecule has 1 aliphatic heterocycles. The van der Waals surface area contributed by atoms with E-state index in [2.05, 4.69) is 5.32 Å². The number of nitrogens with one attached hydrogen (secondary N) is 1. The summed E-state index contributed by atoms with van der Waals surface area (Å²) in [4.78, 5) is 11.4. The molecule has 0 bridgehead atoms. The standard InChI is InChI=1S/C12H12FNO.3C2H6/c1-7-4-8-10(5-9(7)13)14-11(15)6-12(8)2-3-12;3*1-2/h4-5H,2-3,6H2,1H3,(H,14,15);3*1-2H3. The van der Waals surface area contributed by atoms with Crippen LogP contribution in [0, 0.1) is 12.7 Å². The fraction of sp³-hybridized carbons (Fsp3) is 0.611. The summed E-state index contributed by atoms with van der Waals surface area (Å²) in [7, 11) is 0. The molecule has 1 amide bonds. The minimum absolute atomic E-state index is 0.0169. The van der Waals surface area contributed by atoms with Crippen LogP contribution < -0.4 is 5.32 Å². The molecule has 1 heterocycles. The van der Waals surface area contributed by atoms with E-state index in [0.717, 1.165) is 18.4 Å². The molecule has 0 radical (unpaired) electrons. The van der Waals surface area contributed by atoms with Crippen LogP contribution in [-0.2, 0) is 10.2 Å². The van der Waals surface area contributed by atoms with E-state index in [9.17, 15) is 9.18 Å². The fourth-order valence-corrected chi connectivity index (χ4v) is 2.42. The lowest BCUT2D eigenvalue weighted by Crippen LogP contribution is -2.27. The topological polar surface area (TPSA) is 29.1 Å². The third-order valence-corrected chi connectivity index (χ3v) is 3.50. The maximum atomic E-state index is 13.4. The van der Waals surface area contributed by atoms with Crippen molar-refractivity contribution in [3.63, 3.8) is 0 Å². The van der Waals surface area contributed by atoms with Crippen molar-refractivity contribution in [2.45, 2.75) is 73.1 Å². The van der Waals surface area contributed by atoms with Gasteiger partial charge in [-0.3, -0.25) is 4.79 Å². The molecule has 1 aromatic rings.